The number of nitrogens with zero attached hydrogens (tertiary/aromatic N) is 2. The molecule has 0 unspecified atom stereocenters. The Morgan fingerprint density at radius 1 is 1.08 bits per heavy atom. The lowest BCUT2D eigenvalue weighted by atomic mass is 10.1. The van der Waals surface area contributed by atoms with Gasteiger partial charge in [0.1, 0.15) is 5.75 Å². The van der Waals surface area contributed by atoms with E-state index in [2.05, 4.69) is 0 Å². The maximum atomic E-state index is 12.2. The number of benzene rings is 2. The van der Waals surface area contributed by atoms with Crippen LogP contribution in [0.25, 0.3) is 6.08 Å². The van der Waals surface area contributed by atoms with Gasteiger partial charge in [0.15, 0.2) is 12.4 Å². The number of likely N-dealkylation sites (N-methyl/N-ethyl adjacent to an activating group) is 1. The van der Waals surface area contributed by atoms with E-state index in [1.54, 1.807) is 68.7 Å². The van der Waals surface area contributed by atoms with Crippen molar-refractivity contribution in [2.24, 2.45) is 0 Å². The minimum absolute atomic E-state index is 0.0428. The number of allylic oxidation sites excluding steroid dienone is 1. The number of hydrogen-bond donors (Lipinski definition) is 0. The molecule has 1 amide bonds. The van der Waals surface area contributed by atoms with Gasteiger partial charge >= 0.3 is 0 Å². The van der Waals surface area contributed by atoms with Crippen LogP contribution in [0, 0.1) is 11.3 Å². The predicted molar refractivity (Wildman–Crippen MR) is 95.2 cm³/mol. The van der Waals surface area contributed by atoms with Crippen LogP contribution in [0.3, 0.4) is 0 Å². The molecule has 5 nitrogen and oxygen atoms in total. The van der Waals surface area contributed by atoms with Crippen LogP contribution in [0.4, 0.5) is 0 Å². The summed E-state index contributed by atoms with van der Waals surface area (Å²) in [6, 6.07) is 15.6. The first kappa shape index (κ1) is 18.0. The molecule has 0 spiro atoms. The van der Waals surface area contributed by atoms with Crippen LogP contribution in [-0.2, 0) is 4.79 Å². The van der Waals surface area contributed by atoms with Gasteiger partial charge in [-0.1, -0.05) is 18.2 Å². The van der Waals surface area contributed by atoms with Gasteiger partial charge in [-0.15, -0.1) is 0 Å². The Morgan fingerprint density at radius 3 is 2.28 bits per heavy atom. The third-order valence-electron chi connectivity index (χ3n) is 3.47. The molecule has 25 heavy (non-hydrogen) atoms. The van der Waals surface area contributed by atoms with E-state index >= 15 is 0 Å². The second-order valence-electron chi connectivity index (χ2n) is 5.53. The second kappa shape index (κ2) is 8.46. The summed E-state index contributed by atoms with van der Waals surface area (Å²) < 4.78 is 5.37. The van der Waals surface area contributed by atoms with Gasteiger partial charge in [-0.25, -0.2) is 0 Å². The zero-order valence-electron chi connectivity index (χ0n) is 14.1. The Labute approximate surface area is 146 Å². The average molecular weight is 334 g/mol. The standard InChI is InChI=1S/C20H18N2O3/c1-22(2)20(24)14-25-18-10-8-17(9-11-18)19(23)12-7-15-3-5-16(13-21)6-4-15/h3-12H,14H2,1-2H3/b12-7+. The molecule has 0 saturated carbocycles. The number of ether oxygens (including phenoxy) is 1. The second-order valence-corrected chi connectivity index (χ2v) is 5.53. The van der Waals surface area contributed by atoms with Crippen LogP contribution in [0.5, 0.6) is 5.75 Å². The highest BCUT2D eigenvalue weighted by atomic mass is 16.5. The number of ketones is 1. The fourth-order valence-corrected chi connectivity index (χ4v) is 1.93. The number of carbonyl (C=O) groups excluding carboxylic acids is 2. The van der Waals surface area contributed by atoms with E-state index in [0.29, 0.717) is 16.9 Å². The molecule has 0 radical (unpaired) electrons. The first-order valence-corrected chi connectivity index (χ1v) is 7.65. The van der Waals surface area contributed by atoms with Crippen molar-refractivity contribution in [2.75, 3.05) is 20.7 Å². The Morgan fingerprint density at radius 2 is 1.72 bits per heavy atom. The van der Waals surface area contributed by atoms with Crippen molar-refractivity contribution >= 4 is 17.8 Å². The average Bonchev–Trinajstić information content (AvgIpc) is 2.64. The molecule has 0 heterocycles. The Balaban J connectivity index is 1.96. The van der Waals surface area contributed by atoms with E-state index in [4.69, 9.17) is 10.00 Å². The summed E-state index contributed by atoms with van der Waals surface area (Å²) in [5, 5.41) is 8.76. The molecule has 0 fully saturated rings. The molecule has 0 N–H and O–H groups in total. The lowest BCUT2D eigenvalue weighted by Gasteiger charge is -2.11. The molecule has 0 aliphatic heterocycles. The molecule has 126 valence electrons. The van der Waals surface area contributed by atoms with E-state index < -0.39 is 0 Å². The molecule has 2 rings (SSSR count). The molecule has 2 aromatic carbocycles. The summed E-state index contributed by atoms with van der Waals surface area (Å²) in [7, 11) is 3.32. The van der Waals surface area contributed by atoms with Crippen LogP contribution >= 0.6 is 0 Å². The minimum atomic E-state index is -0.139. The van der Waals surface area contributed by atoms with Crippen LogP contribution < -0.4 is 4.74 Å². The molecule has 2 aromatic rings. The van der Waals surface area contributed by atoms with E-state index in [1.165, 1.54) is 11.0 Å². The van der Waals surface area contributed by atoms with Gasteiger partial charge < -0.3 is 9.64 Å². The first-order chi connectivity index (χ1) is 12.0. The number of nitriles is 1. The zero-order valence-corrected chi connectivity index (χ0v) is 14.1. The van der Waals surface area contributed by atoms with Crippen LogP contribution in [-0.4, -0.2) is 37.3 Å². The molecular weight excluding hydrogens is 316 g/mol. The SMILES string of the molecule is CN(C)C(=O)COc1ccc(C(=O)/C=C/c2ccc(C#N)cc2)cc1. The van der Waals surface area contributed by atoms with Gasteiger partial charge in [-0.3, -0.25) is 9.59 Å². The molecular formula is C20H18N2O3. The van der Waals surface area contributed by atoms with Crippen molar-refractivity contribution in [3.05, 3.63) is 71.3 Å². The van der Waals surface area contributed by atoms with Crippen LogP contribution in [0.1, 0.15) is 21.5 Å². The molecule has 0 saturated heterocycles. The highest BCUT2D eigenvalue weighted by Crippen LogP contribution is 2.14. The molecule has 0 aliphatic rings. The van der Waals surface area contributed by atoms with E-state index in [9.17, 15) is 9.59 Å². The van der Waals surface area contributed by atoms with Gasteiger partial charge in [0.25, 0.3) is 5.91 Å². The normalized spacial score (nSPS) is 10.3. The largest absolute Gasteiger partial charge is 0.484 e. The Bertz CT molecular complexity index is 814. The summed E-state index contributed by atoms with van der Waals surface area (Å²) in [6.07, 6.45) is 3.18. The van der Waals surface area contributed by atoms with E-state index in [-0.39, 0.29) is 18.3 Å². The fraction of sp³-hybridized carbons (Fsp3) is 0.150. The van der Waals surface area contributed by atoms with Crippen LogP contribution in [0.15, 0.2) is 54.6 Å². The Kier molecular flexibility index (Phi) is 6.08. The van der Waals surface area contributed by atoms with Gasteiger partial charge in [-0.05, 0) is 48.0 Å². The summed E-state index contributed by atoms with van der Waals surface area (Å²) in [6.45, 7) is -0.0428. The Hall–Kier alpha value is -3.39. The van der Waals surface area contributed by atoms with Crippen molar-refractivity contribution in [3.8, 4) is 11.8 Å². The number of amides is 1. The van der Waals surface area contributed by atoms with Crippen molar-refractivity contribution in [1.29, 1.82) is 5.26 Å². The van der Waals surface area contributed by atoms with Gasteiger partial charge in [0.2, 0.25) is 0 Å². The van der Waals surface area contributed by atoms with Gasteiger partial charge in [0, 0.05) is 19.7 Å². The van der Waals surface area contributed by atoms with Gasteiger partial charge in [-0.2, -0.15) is 5.26 Å². The van der Waals surface area contributed by atoms with E-state index in [0.717, 1.165) is 5.56 Å². The van der Waals surface area contributed by atoms with Crippen molar-refractivity contribution in [2.45, 2.75) is 0 Å². The smallest absolute Gasteiger partial charge is 0.259 e. The highest BCUT2D eigenvalue weighted by molar-refractivity contribution is 6.06. The molecule has 5 heteroatoms. The number of carbonyl (C=O) groups is 2. The summed E-state index contributed by atoms with van der Waals surface area (Å²) >= 11 is 0. The number of hydrogen-bond acceptors (Lipinski definition) is 4. The van der Waals surface area contributed by atoms with Crippen molar-refractivity contribution in [1.82, 2.24) is 4.90 Å². The van der Waals surface area contributed by atoms with E-state index in [1.807, 2.05) is 6.07 Å². The number of rotatable bonds is 6. The minimum Gasteiger partial charge on any atom is -0.484 e. The summed E-state index contributed by atoms with van der Waals surface area (Å²) in [5.41, 5.74) is 1.94. The molecule has 0 atom stereocenters. The zero-order chi connectivity index (χ0) is 18.2. The topological polar surface area (TPSA) is 70.4 Å². The fourth-order valence-electron chi connectivity index (χ4n) is 1.93. The summed E-state index contributed by atoms with van der Waals surface area (Å²) in [4.78, 5) is 25.1. The molecule has 0 bridgehead atoms. The lowest BCUT2D eigenvalue weighted by Crippen LogP contribution is -2.27. The first-order valence-electron chi connectivity index (χ1n) is 7.65. The molecule has 0 aromatic heterocycles. The maximum absolute atomic E-state index is 12.2. The third kappa shape index (κ3) is 5.33. The highest BCUT2D eigenvalue weighted by Gasteiger charge is 2.06. The van der Waals surface area contributed by atoms with Crippen molar-refractivity contribution < 1.29 is 14.3 Å². The van der Waals surface area contributed by atoms with Gasteiger partial charge in [0.05, 0.1) is 11.6 Å². The quantitative estimate of drug-likeness (QED) is 0.601. The lowest BCUT2D eigenvalue weighted by molar-refractivity contribution is -0.130. The summed E-state index contributed by atoms with van der Waals surface area (Å²) in [5.74, 6) is 0.258. The predicted octanol–water partition coefficient (Wildman–Crippen LogP) is 2.92. The van der Waals surface area contributed by atoms with Crippen molar-refractivity contribution in [3.63, 3.8) is 0 Å². The maximum Gasteiger partial charge on any atom is 0.259 e. The molecule has 0 aliphatic carbocycles. The van der Waals surface area contributed by atoms with Crippen LogP contribution in [0.2, 0.25) is 0 Å². The monoisotopic (exact) mass is 334 g/mol. The third-order valence-corrected chi connectivity index (χ3v) is 3.47.